The van der Waals surface area contributed by atoms with E-state index in [1.54, 1.807) is 12.1 Å². The third-order valence-corrected chi connectivity index (χ3v) is 4.42. The van der Waals surface area contributed by atoms with E-state index in [1.807, 2.05) is 32.2 Å². The molecule has 0 aliphatic carbocycles. The summed E-state index contributed by atoms with van der Waals surface area (Å²) in [5.74, 6) is -0.0931. The number of anilines is 1. The van der Waals surface area contributed by atoms with Gasteiger partial charge in [0.05, 0.1) is 13.5 Å². The van der Waals surface area contributed by atoms with Crippen LogP contribution in [-0.4, -0.2) is 30.2 Å². The minimum Gasteiger partial charge on any atom is -0.326 e. The predicted molar refractivity (Wildman–Crippen MR) is 112 cm³/mol. The molecule has 0 heterocycles. The number of quaternary nitrogens is 1. The van der Waals surface area contributed by atoms with Crippen molar-refractivity contribution in [2.24, 2.45) is 0 Å². The number of hydrogen-bond donors (Lipinski definition) is 1. The first-order valence-electron chi connectivity index (χ1n) is 8.52. The van der Waals surface area contributed by atoms with Gasteiger partial charge in [-0.05, 0) is 37.5 Å². The van der Waals surface area contributed by atoms with Gasteiger partial charge >= 0.3 is 5.91 Å². The van der Waals surface area contributed by atoms with E-state index in [0.717, 1.165) is 11.3 Å². The third-order valence-electron chi connectivity index (χ3n) is 3.98. The fourth-order valence-corrected chi connectivity index (χ4v) is 3.06. The Bertz CT molecular complexity index is 674. The van der Waals surface area contributed by atoms with Crippen LogP contribution < -0.4 is 9.80 Å². The van der Waals surface area contributed by atoms with Crippen LogP contribution in [0.25, 0.3) is 0 Å². The van der Waals surface area contributed by atoms with Crippen LogP contribution in [0.15, 0.2) is 49.1 Å². The molecule has 0 fully saturated rings. The SMILES string of the molecule is C=CCC(=O)Nc1cccc([N+](C)(CC(=C)C)C(=O)CCCC(Cl)Cl)c1. The number of nitrogens with one attached hydrogen (secondary N) is 1. The first-order chi connectivity index (χ1) is 12.2. The Hall–Kier alpha value is -1.62. The van der Waals surface area contributed by atoms with Crippen molar-refractivity contribution >= 4 is 46.4 Å². The molecule has 0 aliphatic rings. The smallest absolute Gasteiger partial charge is 0.318 e. The lowest BCUT2D eigenvalue weighted by Crippen LogP contribution is -2.51. The molecule has 1 unspecified atom stereocenters. The zero-order valence-electron chi connectivity index (χ0n) is 15.4. The second kappa shape index (κ2) is 10.5. The zero-order chi connectivity index (χ0) is 19.7. The molecule has 142 valence electrons. The molecule has 0 radical (unpaired) electrons. The van der Waals surface area contributed by atoms with Crippen LogP contribution >= 0.6 is 23.2 Å². The van der Waals surface area contributed by atoms with Crippen molar-refractivity contribution in [3.63, 3.8) is 0 Å². The van der Waals surface area contributed by atoms with Gasteiger partial charge in [-0.3, -0.25) is 4.79 Å². The summed E-state index contributed by atoms with van der Waals surface area (Å²) in [5.41, 5.74) is 2.34. The number of carbonyl (C=O) groups is 2. The van der Waals surface area contributed by atoms with E-state index in [9.17, 15) is 9.59 Å². The van der Waals surface area contributed by atoms with E-state index in [4.69, 9.17) is 23.2 Å². The van der Waals surface area contributed by atoms with Gasteiger partial charge in [0.25, 0.3) is 0 Å². The average Bonchev–Trinajstić information content (AvgIpc) is 2.54. The van der Waals surface area contributed by atoms with E-state index in [1.165, 1.54) is 0 Å². The van der Waals surface area contributed by atoms with Gasteiger partial charge in [0.2, 0.25) is 5.91 Å². The van der Waals surface area contributed by atoms with Crippen LogP contribution in [0.1, 0.15) is 32.6 Å². The molecule has 2 amide bonds. The summed E-state index contributed by atoms with van der Waals surface area (Å²) in [6.45, 7) is 9.90. The number of alkyl halides is 2. The highest BCUT2D eigenvalue weighted by Crippen LogP contribution is 2.28. The maximum absolute atomic E-state index is 13.0. The quantitative estimate of drug-likeness (QED) is 0.334. The molecule has 0 saturated carbocycles. The number of carbonyl (C=O) groups excluding carboxylic acids is 2. The average molecular weight is 398 g/mol. The molecule has 26 heavy (non-hydrogen) atoms. The number of rotatable bonds is 10. The number of halogens is 2. The lowest BCUT2D eigenvalue weighted by atomic mass is 10.1. The lowest BCUT2D eigenvalue weighted by molar-refractivity contribution is -0.129. The van der Waals surface area contributed by atoms with Crippen LogP contribution in [0.3, 0.4) is 0 Å². The molecule has 0 bridgehead atoms. The number of nitrogens with zero attached hydrogens (tertiary/aromatic N) is 1. The minimum absolute atomic E-state index is 0.0524. The van der Waals surface area contributed by atoms with Crippen LogP contribution in [0.2, 0.25) is 0 Å². The summed E-state index contributed by atoms with van der Waals surface area (Å²) in [6, 6.07) is 7.34. The van der Waals surface area contributed by atoms with Crippen LogP contribution in [0, 0.1) is 0 Å². The molecular weight excluding hydrogens is 371 g/mol. The van der Waals surface area contributed by atoms with Crippen molar-refractivity contribution in [2.45, 2.75) is 37.4 Å². The van der Waals surface area contributed by atoms with Crippen molar-refractivity contribution < 1.29 is 9.59 Å². The molecular formula is C20H27Cl2N2O2+. The Kier molecular flexibility index (Phi) is 9.06. The van der Waals surface area contributed by atoms with Gasteiger partial charge in [-0.15, -0.1) is 29.8 Å². The highest BCUT2D eigenvalue weighted by molar-refractivity contribution is 6.44. The fraction of sp³-hybridized carbons (Fsp3) is 0.400. The summed E-state index contributed by atoms with van der Waals surface area (Å²) in [6.07, 6.45) is 3.34. The summed E-state index contributed by atoms with van der Waals surface area (Å²) >= 11 is 11.5. The molecule has 6 heteroatoms. The highest BCUT2D eigenvalue weighted by atomic mass is 35.5. The molecule has 0 aliphatic heterocycles. The standard InChI is InChI=1S/C20H26Cl2N2O2/c1-5-8-19(25)23-16-9-6-10-17(13-16)24(4,14-15(2)3)20(26)12-7-11-18(21)22/h5-6,9-10,13,18H,1-2,7-8,11-12,14H2,3-4H3/p+1. The first-order valence-corrected chi connectivity index (χ1v) is 9.39. The molecule has 1 atom stereocenters. The highest BCUT2D eigenvalue weighted by Gasteiger charge is 2.34. The van der Waals surface area contributed by atoms with Crippen molar-refractivity contribution in [3.8, 4) is 0 Å². The van der Waals surface area contributed by atoms with Gasteiger partial charge in [0.1, 0.15) is 17.1 Å². The third kappa shape index (κ3) is 6.94. The monoisotopic (exact) mass is 397 g/mol. The van der Waals surface area contributed by atoms with Gasteiger partial charge in [0.15, 0.2) is 0 Å². The molecule has 1 rings (SSSR count). The van der Waals surface area contributed by atoms with E-state index in [2.05, 4.69) is 18.5 Å². The maximum Gasteiger partial charge on any atom is 0.318 e. The van der Waals surface area contributed by atoms with Crippen molar-refractivity contribution in [3.05, 3.63) is 49.1 Å². The van der Waals surface area contributed by atoms with Crippen LogP contribution in [0.5, 0.6) is 0 Å². The molecule has 0 aromatic heterocycles. The van der Waals surface area contributed by atoms with Crippen molar-refractivity contribution in [1.82, 2.24) is 4.48 Å². The first kappa shape index (κ1) is 22.4. The normalized spacial score (nSPS) is 13.1. The van der Waals surface area contributed by atoms with E-state index < -0.39 is 4.84 Å². The number of amides is 2. The topological polar surface area (TPSA) is 46.2 Å². The van der Waals surface area contributed by atoms with Gasteiger partial charge in [-0.2, -0.15) is 0 Å². The molecule has 4 nitrogen and oxygen atoms in total. The van der Waals surface area contributed by atoms with E-state index in [-0.39, 0.29) is 22.7 Å². The number of benzene rings is 1. The second-order valence-corrected chi connectivity index (χ2v) is 7.85. The molecule has 0 spiro atoms. The van der Waals surface area contributed by atoms with E-state index >= 15 is 0 Å². The molecule has 1 aromatic rings. The lowest BCUT2D eigenvalue weighted by Gasteiger charge is -2.32. The van der Waals surface area contributed by atoms with Crippen molar-refractivity contribution in [2.75, 3.05) is 18.9 Å². The van der Waals surface area contributed by atoms with Gasteiger partial charge in [-0.1, -0.05) is 18.7 Å². The molecule has 1 aromatic carbocycles. The Morgan fingerprint density at radius 1 is 1.35 bits per heavy atom. The fourth-order valence-electron chi connectivity index (χ4n) is 2.75. The summed E-state index contributed by atoms with van der Waals surface area (Å²) < 4.78 is 0.0791. The predicted octanol–water partition coefficient (Wildman–Crippen LogP) is 5.22. The Balaban J connectivity index is 3.07. The second-order valence-electron chi connectivity index (χ2n) is 6.58. The summed E-state index contributed by atoms with van der Waals surface area (Å²) in [4.78, 5) is 24.3. The minimum atomic E-state index is -0.467. The van der Waals surface area contributed by atoms with Gasteiger partial charge < -0.3 is 5.32 Å². The van der Waals surface area contributed by atoms with E-state index in [0.29, 0.717) is 31.5 Å². The molecule has 0 saturated heterocycles. The Morgan fingerprint density at radius 2 is 2.04 bits per heavy atom. The number of hydrogen-bond acceptors (Lipinski definition) is 2. The van der Waals surface area contributed by atoms with Gasteiger partial charge in [-0.25, -0.2) is 9.28 Å². The van der Waals surface area contributed by atoms with Crippen LogP contribution in [0.4, 0.5) is 11.4 Å². The van der Waals surface area contributed by atoms with Crippen LogP contribution in [-0.2, 0) is 9.59 Å². The molecule has 1 N–H and O–H groups in total. The Morgan fingerprint density at radius 3 is 2.62 bits per heavy atom. The largest absolute Gasteiger partial charge is 0.326 e. The zero-order valence-corrected chi connectivity index (χ0v) is 16.9. The van der Waals surface area contributed by atoms with Gasteiger partial charge in [0, 0.05) is 18.2 Å². The summed E-state index contributed by atoms with van der Waals surface area (Å²) in [5, 5.41) is 2.82. The van der Waals surface area contributed by atoms with Crippen molar-refractivity contribution in [1.29, 1.82) is 0 Å². The summed E-state index contributed by atoms with van der Waals surface area (Å²) in [7, 11) is 1.86. The number of likely N-dealkylation sites (N-methyl/N-ethyl adjacent to an activating group) is 1. The maximum atomic E-state index is 13.0. The Labute approximate surface area is 166 Å².